The van der Waals surface area contributed by atoms with Gasteiger partial charge in [-0.2, -0.15) is 0 Å². The van der Waals surface area contributed by atoms with Crippen molar-refractivity contribution in [1.29, 1.82) is 0 Å². The van der Waals surface area contributed by atoms with Gasteiger partial charge in [0, 0.05) is 1.43 Å². The monoisotopic (exact) mass is 149 g/mol. The summed E-state index contributed by atoms with van der Waals surface area (Å²) in [6.07, 6.45) is 0. The molecule has 5 heavy (non-hydrogen) atoms. The van der Waals surface area contributed by atoms with Crippen molar-refractivity contribution in [2.24, 2.45) is 0 Å². The van der Waals surface area contributed by atoms with Crippen LogP contribution in [0, 0.1) is 0 Å². The molecule has 0 amide bonds. The molecule has 0 unspecified atom stereocenters. The van der Waals surface area contributed by atoms with Crippen LogP contribution in [0.1, 0.15) is 1.43 Å². The molecule has 0 fully saturated rings. The van der Waals surface area contributed by atoms with Crippen molar-refractivity contribution < 1.29 is 1.43 Å². The van der Waals surface area contributed by atoms with Gasteiger partial charge in [-0.3, -0.25) is 0 Å². The van der Waals surface area contributed by atoms with Crippen LogP contribution in [0.15, 0.2) is 0 Å². The first kappa shape index (κ1) is 6.09. The molecule has 0 aromatic carbocycles. The van der Waals surface area contributed by atoms with Crippen LogP contribution in [0.2, 0.25) is 0 Å². The van der Waals surface area contributed by atoms with E-state index in [0.29, 0.717) is 10.2 Å². The third-order valence-electron chi connectivity index (χ3n) is 0. The maximum atomic E-state index is 5.12. The smallest absolute Gasteiger partial charge is 0.0894 e. The molecule has 0 saturated carbocycles. The van der Waals surface area contributed by atoms with Crippen molar-refractivity contribution >= 4 is 45.0 Å². The predicted octanol–water partition coefficient (Wildman–Crippen LogP) is 0.792. The van der Waals surface area contributed by atoms with E-state index in [1.54, 1.807) is 0 Å². The van der Waals surface area contributed by atoms with Gasteiger partial charge in [0.15, 0.2) is 3.42 Å². The molecule has 0 N–H and O–H groups in total. The van der Waals surface area contributed by atoms with Gasteiger partial charge in [0.05, 0.1) is 10.2 Å². The lowest BCUT2D eigenvalue weighted by Gasteiger charge is -1.94. The van der Waals surface area contributed by atoms with Crippen molar-refractivity contribution in [3.63, 3.8) is 0 Å². The summed E-state index contributed by atoms with van der Waals surface area (Å²) in [6, 6.07) is 0. The van der Waals surface area contributed by atoms with E-state index in [1.165, 1.54) is 0 Å². The highest BCUT2D eigenvalue weighted by molar-refractivity contribution is 6.81. The molecule has 4 heteroatoms. The van der Waals surface area contributed by atoms with Crippen LogP contribution in [-0.2, 0) is 0 Å². The summed E-state index contributed by atoms with van der Waals surface area (Å²) in [5, 5.41) is 0. The van der Waals surface area contributed by atoms with E-state index >= 15 is 0 Å². The summed E-state index contributed by atoms with van der Waals surface area (Å²) < 4.78 is -0.944. The Kier molecular flexibility index (Phi) is 2.06. The fourth-order valence-electron chi connectivity index (χ4n) is 0. The van der Waals surface area contributed by atoms with Crippen LogP contribution in [0.25, 0.3) is 0 Å². The Morgan fingerprint density at radius 2 is 1.40 bits per heavy atom. The summed E-state index contributed by atoms with van der Waals surface area (Å²) in [4.78, 5) is 0. The average molecular weight is 150 g/mol. The van der Waals surface area contributed by atoms with E-state index in [4.69, 9.17) is 34.8 Å². The molecule has 1 radical (unpaired) electrons. The lowest BCUT2D eigenvalue weighted by molar-refractivity contribution is 1.75. The van der Waals surface area contributed by atoms with Crippen molar-refractivity contribution in [3.05, 3.63) is 0 Å². The van der Waals surface area contributed by atoms with Crippen LogP contribution >= 0.6 is 34.8 Å². The Bertz CT molecular complexity index is 26.3. The minimum Gasteiger partial charge on any atom is -0.0894 e. The molecule has 0 aliphatic rings. The fourth-order valence-corrected chi connectivity index (χ4v) is 0. The summed E-state index contributed by atoms with van der Waals surface area (Å²) >= 11 is 15.4. The number of hydrogen-bond acceptors (Lipinski definition) is 0. The lowest BCUT2D eigenvalue weighted by Crippen LogP contribution is -1.96. The molecule has 0 aliphatic carbocycles. The van der Waals surface area contributed by atoms with E-state index in [2.05, 4.69) is 0 Å². The number of alkyl halides is 3. The summed E-state index contributed by atoms with van der Waals surface area (Å²) in [6.45, 7) is 0. The van der Waals surface area contributed by atoms with Crippen molar-refractivity contribution in [2.75, 3.05) is 0 Å². The second-order valence-corrected chi connectivity index (χ2v) is 7.03. The van der Waals surface area contributed by atoms with Crippen LogP contribution in [0.5, 0.6) is 0 Å². The molecule has 0 nitrogen and oxygen atoms in total. The molecule has 0 bridgehead atoms. The number of rotatable bonds is 0. The fraction of sp³-hybridized carbons (Fsp3) is 1.00. The van der Waals surface area contributed by atoms with Gasteiger partial charge in [-0.15, -0.1) is 0 Å². The third kappa shape index (κ3) is 41.0. The van der Waals surface area contributed by atoms with Crippen molar-refractivity contribution in [3.8, 4) is 0 Å². The third-order valence-corrected chi connectivity index (χ3v) is 0. The Labute approximate surface area is 50.3 Å². The Balaban J connectivity index is 0. The predicted molar refractivity (Wildman–Crippen MR) is 31.3 cm³/mol. The minimum atomic E-state index is -0.944. The normalized spacial score (nSPS) is 12.6. The lowest BCUT2D eigenvalue weighted by atomic mass is 11.8. The Hall–Kier alpha value is 1.09. The largest absolute Gasteiger partial charge is 0.166 e. The van der Waals surface area contributed by atoms with Crippen molar-refractivity contribution in [2.45, 2.75) is 3.42 Å². The van der Waals surface area contributed by atoms with E-state index in [1.807, 2.05) is 0 Å². The van der Waals surface area contributed by atoms with Crippen LogP contribution < -0.4 is 0 Å². The van der Waals surface area contributed by atoms with Crippen molar-refractivity contribution in [1.82, 2.24) is 0 Å². The van der Waals surface area contributed by atoms with E-state index in [-0.39, 0.29) is 1.43 Å². The minimum absolute atomic E-state index is 0. The standard InChI is InChI=1S/CH3Cl3Si.H/c2-1(3,4)5;/h5H3;. The van der Waals surface area contributed by atoms with Gasteiger partial charge in [-0.05, 0) is 0 Å². The molecule has 0 atom stereocenters. The summed E-state index contributed by atoms with van der Waals surface area (Å²) in [5.74, 6) is 0. The molecule has 0 aromatic rings. The van der Waals surface area contributed by atoms with E-state index in [9.17, 15) is 0 Å². The highest BCUT2D eigenvalue weighted by atomic mass is 35.6. The zero-order valence-corrected chi connectivity index (χ0v) is 6.90. The topological polar surface area (TPSA) is 0 Å². The first-order valence-electron chi connectivity index (χ1n) is 1.07. The first-order valence-corrected chi connectivity index (χ1v) is 3.20. The van der Waals surface area contributed by atoms with Crippen LogP contribution in [0.3, 0.4) is 0 Å². The second-order valence-electron chi connectivity index (χ2n) is 0.781. The molecule has 0 heterocycles. The molecular weight excluding hydrogens is 146 g/mol. The van der Waals surface area contributed by atoms with Gasteiger partial charge >= 0.3 is 0 Å². The SMILES string of the molecule is [H].[SiH3]C(Cl)(Cl)Cl. The van der Waals surface area contributed by atoms with Gasteiger partial charge in [-0.1, -0.05) is 34.8 Å². The highest BCUT2D eigenvalue weighted by Gasteiger charge is 2.06. The zero-order valence-electron chi connectivity index (χ0n) is 3.63. The van der Waals surface area contributed by atoms with Gasteiger partial charge in [0.2, 0.25) is 0 Å². The van der Waals surface area contributed by atoms with Gasteiger partial charge in [0.1, 0.15) is 0 Å². The Morgan fingerprint density at radius 1 is 1.40 bits per heavy atom. The van der Waals surface area contributed by atoms with Crippen LogP contribution in [0.4, 0.5) is 0 Å². The summed E-state index contributed by atoms with van der Waals surface area (Å²) in [5.41, 5.74) is 0. The molecule has 0 aliphatic heterocycles. The molecule has 0 aromatic heterocycles. The Morgan fingerprint density at radius 3 is 1.40 bits per heavy atom. The second kappa shape index (κ2) is 1.69. The molecule has 0 saturated heterocycles. The summed E-state index contributed by atoms with van der Waals surface area (Å²) in [7, 11) is 0.604. The number of halogens is 3. The maximum Gasteiger partial charge on any atom is 0.166 e. The maximum absolute atomic E-state index is 5.12. The first-order chi connectivity index (χ1) is 2.00. The van der Waals surface area contributed by atoms with Gasteiger partial charge < -0.3 is 0 Å². The van der Waals surface area contributed by atoms with E-state index in [0.717, 1.165) is 0 Å². The van der Waals surface area contributed by atoms with Gasteiger partial charge in [-0.25, -0.2) is 0 Å². The molecule has 0 rings (SSSR count). The average Bonchev–Trinajstić information content (AvgIpc) is 0.722. The zero-order chi connectivity index (χ0) is 4.50. The van der Waals surface area contributed by atoms with Crippen LogP contribution in [-0.4, -0.2) is 13.7 Å². The molecule has 0 spiro atoms. The highest BCUT2D eigenvalue weighted by Crippen LogP contribution is 2.19. The molecular formula is CH4Cl3Si. The van der Waals surface area contributed by atoms with E-state index < -0.39 is 3.42 Å². The molecule has 33 valence electrons. The number of hydrogen-bond donors (Lipinski definition) is 0. The van der Waals surface area contributed by atoms with Gasteiger partial charge in [0.25, 0.3) is 0 Å². The quantitative estimate of drug-likeness (QED) is 0.354.